The van der Waals surface area contributed by atoms with Gasteiger partial charge in [0.2, 0.25) is 0 Å². The Balaban J connectivity index is 1.89. The first kappa shape index (κ1) is 15.9. The van der Waals surface area contributed by atoms with Gasteiger partial charge < -0.3 is 0 Å². The van der Waals surface area contributed by atoms with Crippen molar-refractivity contribution < 1.29 is 0 Å². The van der Waals surface area contributed by atoms with E-state index in [9.17, 15) is 0 Å². The maximum absolute atomic E-state index is 4.49. The van der Waals surface area contributed by atoms with E-state index in [0.717, 1.165) is 28.9 Å². The van der Waals surface area contributed by atoms with Crippen molar-refractivity contribution in [1.29, 1.82) is 0 Å². The van der Waals surface area contributed by atoms with Crippen molar-refractivity contribution in [1.82, 2.24) is 9.78 Å². The number of rotatable bonds is 5. The number of azo groups is 1. The minimum Gasteiger partial charge on any atom is -0.241 e. The van der Waals surface area contributed by atoms with Crippen LogP contribution < -0.4 is 0 Å². The minimum atomic E-state index is 0.738. The summed E-state index contributed by atoms with van der Waals surface area (Å²) in [5.74, 6) is 0. The number of fused-ring (bicyclic) bond motifs is 1. The molecule has 0 bridgehead atoms. The third-order valence-corrected chi connectivity index (χ3v) is 3.99. The third kappa shape index (κ3) is 3.33. The van der Waals surface area contributed by atoms with Crippen LogP contribution in [0.4, 0.5) is 0 Å². The Kier molecular flexibility index (Phi) is 4.66. The summed E-state index contributed by atoms with van der Waals surface area (Å²) >= 11 is 0. The van der Waals surface area contributed by atoms with Crippen molar-refractivity contribution >= 4 is 10.8 Å². The van der Waals surface area contributed by atoms with Crippen molar-refractivity contribution in [2.24, 2.45) is 10.2 Å². The van der Waals surface area contributed by atoms with Crippen LogP contribution >= 0.6 is 0 Å². The molecule has 0 radical (unpaired) electrons. The Morgan fingerprint density at radius 3 is 2.75 bits per heavy atom. The van der Waals surface area contributed by atoms with Crippen LogP contribution in [0.2, 0.25) is 0 Å². The summed E-state index contributed by atoms with van der Waals surface area (Å²) in [7, 11) is 1.67. The van der Waals surface area contributed by atoms with Gasteiger partial charge in [-0.15, -0.1) is 0 Å². The van der Waals surface area contributed by atoms with Crippen LogP contribution in [0.25, 0.3) is 16.5 Å². The standard InChI is InChI=1S/C20H20N4/c1-4-17(15(2)23-21-3)11-16-13-22-24(14-16)20-10-9-18-7-5-6-8-19(18)12-20/h4-10,12-14H,1,11H2,2-3H3/b17-15-,23-21?. The van der Waals surface area contributed by atoms with Crippen LogP contribution in [0, 0.1) is 0 Å². The van der Waals surface area contributed by atoms with Gasteiger partial charge in [0, 0.05) is 19.7 Å². The second-order valence-electron chi connectivity index (χ2n) is 5.62. The first-order valence-electron chi connectivity index (χ1n) is 7.86. The summed E-state index contributed by atoms with van der Waals surface area (Å²) < 4.78 is 1.90. The molecule has 0 unspecified atom stereocenters. The van der Waals surface area contributed by atoms with E-state index in [4.69, 9.17) is 0 Å². The number of benzene rings is 2. The minimum absolute atomic E-state index is 0.738. The Hall–Kier alpha value is -3.01. The maximum Gasteiger partial charge on any atom is 0.0652 e. The second-order valence-corrected chi connectivity index (χ2v) is 5.62. The van der Waals surface area contributed by atoms with Gasteiger partial charge in [-0.1, -0.05) is 43.0 Å². The fraction of sp³-hybridized carbons (Fsp3) is 0.150. The quantitative estimate of drug-likeness (QED) is 0.476. The molecule has 4 heteroatoms. The molecule has 1 heterocycles. The van der Waals surface area contributed by atoms with E-state index in [1.165, 1.54) is 10.8 Å². The van der Waals surface area contributed by atoms with Crippen molar-refractivity contribution in [2.45, 2.75) is 13.3 Å². The van der Waals surface area contributed by atoms with Gasteiger partial charge in [0.1, 0.15) is 0 Å². The number of nitrogens with zero attached hydrogens (tertiary/aromatic N) is 4. The molecule has 0 fully saturated rings. The van der Waals surface area contributed by atoms with Gasteiger partial charge in [-0.3, -0.25) is 0 Å². The monoisotopic (exact) mass is 316 g/mol. The van der Waals surface area contributed by atoms with Crippen molar-refractivity contribution in [3.05, 3.63) is 84.3 Å². The Labute approximate surface area is 141 Å². The van der Waals surface area contributed by atoms with Gasteiger partial charge in [-0.05, 0) is 41.0 Å². The van der Waals surface area contributed by atoms with Crippen LogP contribution in [0.15, 0.2) is 89.0 Å². The average Bonchev–Trinajstić information content (AvgIpc) is 3.08. The van der Waals surface area contributed by atoms with Gasteiger partial charge in [0.25, 0.3) is 0 Å². The highest BCUT2D eigenvalue weighted by molar-refractivity contribution is 5.84. The van der Waals surface area contributed by atoms with Crippen LogP contribution in [0.5, 0.6) is 0 Å². The lowest BCUT2D eigenvalue weighted by Gasteiger charge is -2.04. The van der Waals surface area contributed by atoms with E-state index < -0.39 is 0 Å². The topological polar surface area (TPSA) is 42.5 Å². The number of allylic oxidation sites excluding steroid dienone is 3. The summed E-state index contributed by atoms with van der Waals surface area (Å²) in [6.07, 6.45) is 6.50. The summed E-state index contributed by atoms with van der Waals surface area (Å²) in [5, 5.41) is 14.8. The first-order valence-corrected chi connectivity index (χ1v) is 7.86. The summed E-state index contributed by atoms with van der Waals surface area (Å²) in [6, 6.07) is 14.7. The molecule has 3 aromatic rings. The molecule has 0 N–H and O–H groups in total. The third-order valence-electron chi connectivity index (χ3n) is 3.99. The lowest BCUT2D eigenvalue weighted by atomic mass is 10.1. The number of hydrogen-bond acceptors (Lipinski definition) is 3. The van der Waals surface area contributed by atoms with E-state index in [0.29, 0.717) is 0 Å². The fourth-order valence-corrected chi connectivity index (χ4v) is 2.69. The number of aromatic nitrogens is 2. The van der Waals surface area contributed by atoms with Gasteiger partial charge in [0.15, 0.2) is 0 Å². The zero-order valence-electron chi connectivity index (χ0n) is 14.0. The van der Waals surface area contributed by atoms with E-state index in [1.54, 1.807) is 7.05 Å². The zero-order chi connectivity index (χ0) is 16.9. The zero-order valence-corrected chi connectivity index (χ0v) is 14.0. The molecule has 24 heavy (non-hydrogen) atoms. The van der Waals surface area contributed by atoms with Crippen LogP contribution in [0.1, 0.15) is 12.5 Å². The molecule has 0 aliphatic carbocycles. The molecule has 3 rings (SSSR count). The predicted octanol–water partition coefficient (Wildman–Crippen LogP) is 5.11. The van der Waals surface area contributed by atoms with Crippen molar-refractivity contribution in [3.8, 4) is 5.69 Å². The highest BCUT2D eigenvalue weighted by Crippen LogP contribution is 2.20. The fourth-order valence-electron chi connectivity index (χ4n) is 2.69. The number of hydrogen-bond donors (Lipinski definition) is 0. The van der Waals surface area contributed by atoms with Gasteiger partial charge in [0.05, 0.1) is 17.6 Å². The van der Waals surface area contributed by atoms with Crippen LogP contribution in [-0.2, 0) is 6.42 Å². The molecule has 0 saturated carbocycles. The van der Waals surface area contributed by atoms with E-state index >= 15 is 0 Å². The predicted molar refractivity (Wildman–Crippen MR) is 98.5 cm³/mol. The van der Waals surface area contributed by atoms with Gasteiger partial charge >= 0.3 is 0 Å². The average molecular weight is 316 g/mol. The molecule has 4 nitrogen and oxygen atoms in total. The molecule has 0 atom stereocenters. The van der Waals surface area contributed by atoms with E-state index in [-0.39, 0.29) is 0 Å². The Bertz CT molecular complexity index is 931. The van der Waals surface area contributed by atoms with Crippen LogP contribution in [-0.4, -0.2) is 16.8 Å². The largest absolute Gasteiger partial charge is 0.241 e. The smallest absolute Gasteiger partial charge is 0.0652 e. The van der Waals surface area contributed by atoms with Crippen molar-refractivity contribution in [2.75, 3.05) is 7.05 Å². The molecule has 0 aliphatic rings. The summed E-state index contributed by atoms with van der Waals surface area (Å²) in [5.41, 5.74) is 4.10. The molecule has 0 saturated heterocycles. The normalized spacial score (nSPS) is 12.6. The highest BCUT2D eigenvalue weighted by atomic mass is 15.3. The summed E-state index contributed by atoms with van der Waals surface area (Å²) in [4.78, 5) is 0. The Morgan fingerprint density at radius 1 is 1.21 bits per heavy atom. The van der Waals surface area contributed by atoms with Crippen molar-refractivity contribution in [3.63, 3.8) is 0 Å². The molecule has 0 amide bonds. The molecule has 120 valence electrons. The maximum atomic E-state index is 4.49. The molecule has 0 aliphatic heterocycles. The molecular weight excluding hydrogens is 296 g/mol. The van der Waals surface area contributed by atoms with E-state index in [1.807, 2.05) is 42.2 Å². The second kappa shape index (κ2) is 7.04. The Morgan fingerprint density at radius 2 is 2.00 bits per heavy atom. The van der Waals surface area contributed by atoms with Crippen LogP contribution in [0.3, 0.4) is 0 Å². The highest BCUT2D eigenvalue weighted by Gasteiger charge is 2.05. The molecule has 2 aromatic carbocycles. The summed E-state index contributed by atoms with van der Waals surface area (Å²) in [6.45, 7) is 5.82. The molecule has 0 spiro atoms. The van der Waals surface area contributed by atoms with E-state index in [2.05, 4.69) is 52.2 Å². The lowest BCUT2D eigenvalue weighted by Crippen LogP contribution is -1.94. The molecule has 1 aromatic heterocycles. The SMILES string of the molecule is C=C/C(Cc1cnn(-c2ccc3ccccc3c2)c1)=C(\C)N=NC. The lowest BCUT2D eigenvalue weighted by molar-refractivity contribution is 0.881. The first-order chi connectivity index (χ1) is 11.7. The van der Waals surface area contributed by atoms with Gasteiger partial charge in [-0.25, -0.2) is 4.68 Å². The van der Waals surface area contributed by atoms with Gasteiger partial charge in [-0.2, -0.15) is 15.3 Å². The molecular formula is C20H20N4.